The summed E-state index contributed by atoms with van der Waals surface area (Å²) in [6.45, 7) is 10.2. The number of furan rings is 1. The van der Waals surface area contributed by atoms with Crippen molar-refractivity contribution in [2.24, 2.45) is 23.7 Å². The van der Waals surface area contributed by atoms with Gasteiger partial charge in [0.05, 0.1) is 14.2 Å². The summed E-state index contributed by atoms with van der Waals surface area (Å²) in [5.74, 6) is 2.53. The number of hydrogen-bond donors (Lipinski definition) is 1. The molecule has 42 heavy (non-hydrogen) atoms. The first-order chi connectivity index (χ1) is 20.1. The van der Waals surface area contributed by atoms with E-state index in [0.717, 1.165) is 43.1 Å². The van der Waals surface area contributed by atoms with Gasteiger partial charge in [-0.1, -0.05) is 20.8 Å². The topological polar surface area (TPSA) is 101 Å². The zero-order valence-electron chi connectivity index (χ0n) is 26.0. The van der Waals surface area contributed by atoms with E-state index in [-0.39, 0.29) is 47.6 Å². The minimum Gasteiger partial charge on any atom is -0.493 e. The first kappa shape index (κ1) is 30.2. The molecule has 5 rings (SSSR count). The van der Waals surface area contributed by atoms with E-state index in [2.05, 4.69) is 31.0 Å². The van der Waals surface area contributed by atoms with Gasteiger partial charge in [-0.2, -0.15) is 0 Å². The number of benzene rings is 1. The summed E-state index contributed by atoms with van der Waals surface area (Å²) in [6.07, 6.45) is 5.26. The number of amides is 3. The van der Waals surface area contributed by atoms with Crippen molar-refractivity contribution in [2.75, 3.05) is 33.9 Å². The Bertz CT molecular complexity index is 1320. The van der Waals surface area contributed by atoms with E-state index in [9.17, 15) is 14.4 Å². The second-order valence-corrected chi connectivity index (χ2v) is 13.1. The Hall–Kier alpha value is -3.23. The van der Waals surface area contributed by atoms with E-state index in [1.54, 1.807) is 14.2 Å². The van der Waals surface area contributed by atoms with Gasteiger partial charge in [-0.05, 0) is 74.8 Å². The number of hydrogen-bond acceptors (Lipinski definition) is 6. The van der Waals surface area contributed by atoms with Crippen LogP contribution in [-0.4, -0.2) is 73.5 Å². The zero-order valence-corrected chi connectivity index (χ0v) is 26.0. The highest BCUT2D eigenvalue weighted by Gasteiger charge is 2.44. The molecule has 5 atom stereocenters. The average Bonchev–Trinajstić information content (AvgIpc) is 3.30. The van der Waals surface area contributed by atoms with Gasteiger partial charge in [0, 0.05) is 55.5 Å². The third kappa shape index (κ3) is 5.97. The standard InChI is InChI=1S/C33H47N3O6/c1-19(2)25-12-10-20(3)14-29(38)36-17-22-15-23(26(36)8-7-9-28(37)34-25)18-35(16-22)33(39)30-21(4)24-11-13-27(40-5)32(41-6)31(24)42-30/h11,13,19-20,22-23,25-26H,7-10,12,14-18H2,1-6H3,(H,34,37)/t20-,22+,23+,25+,26+/m1/s1. The molecule has 9 heteroatoms. The maximum atomic E-state index is 13.9. The third-order valence-corrected chi connectivity index (χ3v) is 9.77. The number of fused-ring (bicyclic) bond motifs is 5. The van der Waals surface area contributed by atoms with Gasteiger partial charge in [-0.3, -0.25) is 14.4 Å². The number of aryl methyl sites for hydroxylation is 1. The lowest BCUT2D eigenvalue weighted by Crippen LogP contribution is -2.60. The molecule has 4 heterocycles. The summed E-state index contributed by atoms with van der Waals surface area (Å²) in [5, 5.41) is 4.08. The number of nitrogens with one attached hydrogen (secondary N) is 1. The van der Waals surface area contributed by atoms with Crippen molar-refractivity contribution < 1.29 is 28.3 Å². The molecular formula is C33H47N3O6. The van der Waals surface area contributed by atoms with Crippen LogP contribution in [0, 0.1) is 30.6 Å². The number of carbonyl (C=O) groups is 3. The van der Waals surface area contributed by atoms with Crippen LogP contribution in [0.25, 0.3) is 11.0 Å². The van der Waals surface area contributed by atoms with Gasteiger partial charge in [-0.15, -0.1) is 0 Å². The van der Waals surface area contributed by atoms with Crippen LogP contribution >= 0.6 is 0 Å². The highest BCUT2D eigenvalue weighted by molar-refractivity contribution is 6.01. The molecular weight excluding hydrogens is 534 g/mol. The smallest absolute Gasteiger partial charge is 0.289 e. The number of rotatable bonds is 4. The summed E-state index contributed by atoms with van der Waals surface area (Å²) in [6, 6.07) is 3.88. The molecule has 3 amide bonds. The predicted molar refractivity (Wildman–Crippen MR) is 161 cm³/mol. The number of carbonyl (C=O) groups excluding carboxylic acids is 3. The van der Waals surface area contributed by atoms with E-state index in [1.165, 1.54) is 0 Å². The van der Waals surface area contributed by atoms with Crippen molar-refractivity contribution in [1.82, 2.24) is 15.1 Å². The minimum atomic E-state index is -0.128. The third-order valence-electron chi connectivity index (χ3n) is 9.77. The van der Waals surface area contributed by atoms with Gasteiger partial charge < -0.3 is 29.0 Å². The lowest BCUT2D eigenvalue weighted by molar-refractivity contribution is -0.141. The highest BCUT2D eigenvalue weighted by atomic mass is 16.5. The molecule has 3 saturated heterocycles. The van der Waals surface area contributed by atoms with Crippen molar-refractivity contribution in [3.63, 3.8) is 0 Å². The van der Waals surface area contributed by atoms with E-state index in [4.69, 9.17) is 13.9 Å². The molecule has 3 aliphatic heterocycles. The van der Waals surface area contributed by atoms with Crippen LogP contribution in [0.3, 0.4) is 0 Å². The summed E-state index contributed by atoms with van der Waals surface area (Å²) in [4.78, 5) is 44.5. The molecule has 2 aromatic rings. The molecule has 230 valence electrons. The first-order valence-electron chi connectivity index (χ1n) is 15.6. The van der Waals surface area contributed by atoms with E-state index in [1.807, 2.05) is 24.0 Å². The van der Waals surface area contributed by atoms with Gasteiger partial charge >= 0.3 is 0 Å². The number of methoxy groups -OCH3 is 2. The molecule has 3 fully saturated rings. The van der Waals surface area contributed by atoms with E-state index < -0.39 is 0 Å². The van der Waals surface area contributed by atoms with Crippen LogP contribution in [0.1, 0.15) is 81.8 Å². The molecule has 1 aromatic carbocycles. The molecule has 0 saturated carbocycles. The summed E-state index contributed by atoms with van der Waals surface area (Å²) < 4.78 is 17.2. The van der Waals surface area contributed by atoms with Gasteiger partial charge in [0.25, 0.3) is 5.91 Å². The van der Waals surface area contributed by atoms with Crippen molar-refractivity contribution in [3.05, 3.63) is 23.5 Å². The average molecular weight is 582 g/mol. The van der Waals surface area contributed by atoms with Crippen molar-refractivity contribution in [3.8, 4) is 11.5 Å². The van der Waals surface area contributed by atoms with Crippen LogP contribution in [0.2, 0.25) is 0 Å². The minimum absolute atomic E-state index is 0.0205. The molecule has 1 aromatic heterocycles. The Morgan fingerprint density at radius 2 is 1.86 bits per heavy atom. The maximum absolute atomic E-state index is 13.9. The normalized spacial score (nSPS) is 27.5. The van der Waals surface area contributed by atoms with Gasteiger partial charge in [0.1, 0.15) is 0 Å². The van der Waals surface area contributed by atoms with Gasteiger partial charge in [0.15, 0.2) is 17.1 Å². The Morgan fingerprint density at radius 1 is 1.07 bits per heavy atom. The Balaban J connectivity index is 1.37. The lowest BCUT2D eigenvalue weighted by Gasteiger charge is -2.51. The van der Waals surface area contributed by atoms with Crippen LogP contribution in [0.4, 0.5) is 0 Å². The Labute approximate surface area is 249 Å². The monoisotopic (exact) mass is 581 g/mol. The van der Waals surface area contributed by atoms with Crippen LogP contribution in [-0.2, 0) is 9.59 Å². The molecule has 3 aliphatic rings. The quantitative estimate of drug-likeness (QED) is 0.534. The van der Waals surface area contributed by atoms with Crippen molar-refractivity contribution in [2.45, 2.75) is 84.7 Å². The fraction of sp³-hybridized carbons (Fsp3) is 0.667. The number of likely N-dealkylation sites (tertiary alicyclic amines) is 1. The van der Waals surface area contributed by atoms with Crippen molar-refractivity contribution >= 4 is 28.7 Å². The zero-order chi connectivity index (χ0) is 30.1. The summed E-state index contributed by atoms with van der Waals surface area (Å²) in [5.41, 5.74) is 1.29. The molecule has 2 bridgehead atoms. The summed E-state index contributed by atoms with van der Waals surface area (Å²) in [7, 11) is 3.14. The van der Waals surface area contributed by atoms with E-state index >= 15 is 0 Å². The van der Waals surface area contributed by atoms with Gasteiger partial charge in [-0.25, -0.2) is 0 Å². The molecule has 0 radical (unpaired) electrons. The fourth-order valence-corrected chi connectivity index (χ4v) is 7.42. The first-order valence-corrected chi connectivity index (χ1v) is 15.6. The Morgan fingerprint density at radius 3 is 2.57 bits per heavy atom. The van der Waals surface area contributed by atoms with Crippen LogP contribution in [0.15, 0.2) is 16.5 Å². The van der Waals surface area contributed by atoms with Crippen LogP contribution < -0.4 is 14.8 Å². The highest BCUT2D eigenvalue weighted by Crippen LogP contribution is 2.41. The van der Waals surface area contributed by atoms with Gasteiger partial charge in [0.2, 0.25) is 17.6 Å². The SMILES string of the molecule is COc1ccc2c(C)c(C(=O)N3C[C@@H]4C[C@@H](C3)[C@@H]3CCCC(=O)N[C@H](C(C)C)CC[C@@H](C)CC(=O)N3C4)oc2c1OC. The fourth-order valence-electron chi connectivity index (χ4n) is 7.42. The predicted octanol–water partition coefficient (Wildman–Crippen LogP) is 5.18. The maximum Gasteiger partial charge on any atom is 0.289 e. The summed E-state index contributed by atoms with van der Waals surface area (Å²) >= 11 is 0. The molecule has 9 nitrogen and oxygen atoms in total. The second-order valence-electron chi connectivity index (χ2n) is 13.1. The van der Waals surface area contributed by atoms with Crippen LogP contribution in [0.5, 0.6) is 11.5 Å². The Kier molecular flexibility index (Phi) is 9.04. The number of piperidine rings is 2. The van der Waals surface area contributed by atoms with E-state index in [0.29, 0.717) is 61.2 Å². The number of nitrogens with zero attached hydrogens (tertiary/aromatic N) is 2. The lowest BCUT2D eigenvalue weighted by atomic mass is 9.77. The largest absolute Gasteiger partial charge is 0.493 e. The molecule has 1 N–H and O–H groups in total. The molecule has 0 aliphatic carbocycles. The second kappa shape index (κ2) is 12.6. The van der Waals surface area contributed by atoms with Crippen molar-refractivity contribution in [1.29, 1.82) is 0 Å². The molecule has 0 unspecified atom stereocenters. The number of ether oxygens (including phenoxy) is 2. The molecule has 0 spiro atoms.